The molecule has 0 aliphatic rings. The molecule has 0 radical (unpaired) electrons. The average molecular weight is 241 g/mol. The average Bonchev–Trinajstić information content (AvgIpc) is 2.03. The van der Waals surface area contributed by atoms with Crippen molar-refractivity contribution in [2.45, 2.75) is 19.8 Å². The minimum Gasteiger partial charge on any atom is -0.363 e. The van der Waals surface area contributed by atoms with Gasteiger partial charge in [-0.25, -0.2) is 0 Å². The van der Waals surface area contributed by atoms with Crippen molar-refractivity contribution in [1.82, 2.24) is 4.90 Å². The van der Waals surface area contributed by atoms with Crippen LogP contribution in [0.15, 0.2) is 0 Å². The van der Waals surface area contributed by atoms with Gasteiger partial charge in [0.2, 0.25) is 0 Å². The molecule has 0 saturated heterocycles. The van der Waals surface area contributed by atoms with Gasteiger partial charge in [0.1, 0.15) is 4.32 Å². The molecule has 0 bridgehead atoms. The molecular weight excluding hydrogens is 226 g/mol. The Balaban J connectivity index is 3.14. The van der Waals surface area contributed by atoms with Crippen LogP contribution in [-0.2, 0) is 0 Å². The van der Waals surface area contributed by atoms with Gasteiger partial charge in [-0.3, -0.25) is 0 Å². The van der Waals surface area contributed by atoms with Crippen LogP contribution < -0.4 is 0 Å². The largest absolute Gasteiger partial charge is 0.363 e. The molecule has 0 spiro atoms. The first-order valence-electron chi connectivity index (χ1n) is 3.86. The first kappa shape index (κ1) is 12.9. The zero-order chi connectivity index (χ0) is 9.40. The van der Waals surface area contributed by atoms with E-state index in [2.05, 4.69) is 6.92 Å². The third-order valence-corrected chi connectivity index (χ3v) is 6.10. The van der Waals surface area contributed by atoms with E-state index in [1.165, 1.54) is 18.6 Å². The van der Waals surface area contributed by atoms with Crippen LogP contribution in [0.5, 0.6) is 0 Å². The Kier molecular flexibility index (Phi) is 9.20. The number of hydrogen-bond acceptors (Lipinski definition) is 4. The minimum atomic E-state index is 0.948. The molecule has 0 fully saturated rings. The zero-order valence-corrected chi connectivity index (χ0v) is 11.0. The number of nitrogens with zero attached hydrogens (tertiary/aromatic N) is 1. The van der Waals surface area contributed by atoms with Crippen LogP contribution in [0.25, 0.3) is 0 Å². The zero-order valence-electron chi connectivity index (χ0n) is 7.70. The van der Waals surface area contributed by atoms with Crippen LogP contribution in [0.2, 0.25) is 0 Å². The van der Waals surface area contributed by atoms with Gasteiger partial charge >= 0.3 is 0 Å². The maximum absolute atomic E-state index is 5.11. The lowest BCUT2D eigenvalue weighted by Crippen LogP contribution is -2.14. The lowest BCUT2D eigenvalue weighted by Gasteiger charge is -2.10. The molecule has 0 aromatic carbocycles. The topological polar surface area (TPSA) is 3.24 Å². The summed E-state index contributed by atoms with van der Waals surface area (Å²) < 4.78 is 0.948. The Morgan fingerprint density at radius 3 is 2.58 bits per heavy atom. The van der Waals surface area contributed by atoms with E-state index >= 15 is 0 Å². The van der Waals surface area contributed by atoms with E-state index in [1.807, 2.05) is 29.8 Å². The fourth-order valence-electron chi connectivity index (χ4n) is 0.365. The maximum Gasteiger partial charge on any atom is 0.147 e. The van der Waals surface area contributed by atoms with Gasteiger partial charge in [0, 0.05) is 19.8 Å². The van der Waals surface area contributed by atoms with Crippen LogP contribution >= 0.6 is 43.6 Å². The van der Waals surface area contributed by atoms with Gasteiger partial charge in [0.25, 0.3) is 0 Å². The first-order chi connectivity index (χ1) is 5.68. The van der Waals surface area contributed by atoms with Crippen molar-refractivity contribution in [2.24, 2.45) is 0 Å². The summed E-state index contributed by atoms with van der Waals surface area (Å²) in [6.45, 7) is 2.21. The molecule has 0 aliphatic heterocycles. The van der Waals surface area contributed by atoms with E-state index in [9.17, 15) is 0 Å². The fourth-order valence-corrected chi connectivity index (χ4v) is 4.74. The summed E-state index contributed by atoms with van der Waals surface area (Å²) in [6.07, 6.45) is 2.57. The van der Waals surface area contributed by atoms with Crippen LogP contribution in [0, 0.1) is 0 Å². The summed E-state index contributed by atoms with van der Waals surface area (Å²) in [5.41, 5.74) is 0. The lowest BCUT2D eigenvalue weighted by molar-refractivity contribution is 0.648. The van der Waals surface area contributed by atoms with Gasteiger partial charge < -0.3 is 4.90 Å². The molecular formula is C7H15NS4. The second-order valence-corrected chi connectivity index (χ2v) is 7.31. The molecule has 0 heterocycles. The van der Waals surface area contributed by atoms with E-state index in [-0.39, 0.29) is 0 Å². The Bertz CT molecular complexity index is 127. The molecule has 0 aromatic heterocycles. The molecule has 0 aromatic rings. The second kappa shape index (κ2) is 8.53. The summed E-state index contributed by atoms with van der Waals surface area (Å²) >= 11 is 5.11. The summed E-state index contributed by atoms with van der Waals surface area (Å²) in [4.78, 5) is 1.97. The van der Waals surface area contributed by atoms with Crippen molar-refractivity contribution in [3.63, 3.8) is 0 Å². The van der Waals surface area contributed by atoms with Crippen molar-refractivity contribution in [3.8, 4) is 0 Å². The first-order valence-corrected chi connectivity index (χ1v) is 7.92. The molecule has 0 amide bonds. The molecule has 0 aliphatic carbocycles. The van der Waals surface area contributed by atoms with E-state index < -0.39 is 0 Å². The van der Waals surface area contributed by atoms with Crippen LogP contribution in [-0.4, -0.2) is 29.1 Å². The molecule has 0 unspecified atom stereocenters. The van der Waals surface area contributed by atoms with Gasteiger partial charge in [-0.2, -0.15) is 0 Å². The molecule has 12 heavy (non-hydrogen) atoms. The van der Waals surface area contributed by atoms with E-state index in [0.29, 0.717) is 0 Å². The number of thiocarbonyl (C=S) groups is 1. The van der Waals surface area contributed by atoms with Crippen molar-refractivity contribution < 1.29 is 0 Å². The third-order valence-electron chi connectivity index (χ3n) is 1.10. The molecule has 0 N–H and O–H groups in total. The van der Waals surface area contributed by atoms with Gasteiger partial charge in [0.15, 0.2) is 0 Å². The van der Waals surface area contributed by atoms with Crippen LogP contribution in [0.3, 0.4) is 0 Å². The Morgan fingerprint density at radius 1 is 1.42 bits per heavy atom. The number of hydrogen-bond donors (Lipinski definition) is 0. The number of rotatable bonds is 5. The van der Waals surface area contributed by atoms with Gasteiger partial charge in [-0.05, 0) is 27.0 Å². The smallest absolute Gasteiger partial charge is 0.147 e. The van der Waals surface area contributed by atoms with Gasteiger partial charge in [-0.15, -0.1) is 0 Å². The highest BCUT2D eigenvalue weighted by molar-refractivity contribution is 9.12. The number of unbranched alkanes of at least 4 members (excludes halogenated alkanes) is 1. The highest BCUT2D eigenvalue weighted by Crippen LogP contribution is 2.36. The summed E-state index contributed by atoms with van der Waals surface area (Å²) in [5, 5.41) is 0. The fraction of sp³-hybridized carbons (Fsp3) is 0.857. The Morgan fingerprint density at radius 2 is 2.08 bits per heavy atom. The standard InChI is InChI=1S/C7H15NS4/c1-4-5-6-10-12-11-7(9)8(2)3/h4-6H2,1-3H3. The molecule has 0 saturated carbocycles. The third kappa shape index (κ3) is 7.58. The van der Waals surface area contributed by atoms with Crippen molar-refractivity contribution >= 4 is 48.0 Å². The second-order valence-electron chi connectivity index (χ2n) is 2.49. The van der Waals surface area contributed by atoms with E-state index in [1.54, 1.807) is 20.6 Å². The van der Waals surface area contributed by atoms with Crippen molar-refractivity contribution in [1.29, 1.82) is 0 Å². The highest BCUT2D eigenvalue weighted by atomic mass is 33.5. The van der Waals surface area contributed by atoms with Crippen molar-refractivity contribution in [2.75, 3.05) is 19.8 Å². The summed E-state index contributed by atoms with van der Waals surface area (Å²) in [5.74, 6) is 1.23. The van der Waals surface area contributed by atoms with Crippen LogP contribution in [0.1, 0.15) is 19.8 Å². The van der Waals surface area contributed by atoms with E-state index in [4.69, 9.17) is 12.2 Å². The van der Waals surface area contributed by atoms with Crippen LogP contribution in [0.4, 0.5) is 0 Å². The Labute approximate surface area is 92.2 Å². The SMILES string of the molecule is CCCCSSSC(=S)N(C)C. The molecule has 5 heteroatoms. The monoisotopic (exact) mass is 241 g/mol. The molecule has 72 valence electrons. The quantitative estimate of drug-likeness (QED) is 0.409. The minimum absolute atomic E-state index is 0.948. The van der Waals surface area contributed by atoms with Gasteiger partial charge in [0.05, 0.1) is 0 Å². The summed E-state index contributed by atoms with van der Waals surface area (Å²) in [6, 6.07) is 0. The molecule has 1 nitrogen and oxygen atoms in total. The molecule has 0 rings (SSSR count). The lowest BCUT2D eigenvalue weighted by atomic mass is 10.4. The molecule has 0 atom stereocenters. The normalized spacial score (nSPS) is 9.92. The van der Waals surface area contributed by atoms with Crippen molar-refractivity contribution in [3.05, 3.63) is 0 Å². The highest BCUT2D eigenvalue weighted by Gasteiger charge is 1.99. The maximum atomic E-state index is 5.11. The predicted molar refractivity (Wildman–Crippen MR) is 68.8 cm³/mol. The summed E-state index contributed by atoms with van der Waals surface area (Å²) in [7, 11) is 9.30. The predicted octanol–water partition coefficient (Wildman–Crippen LogP) is 3.66. The van der Waals surface area contributed by atoms with E-state index in [0.717, 1.165) is 4.32 Å². The Hall–Kier alpha value is 0.940. The van der Waals surface area contributed by atoms with Gasteiger partial charge in [-0.1, -0.05) is 36.4 Å².